The molecule has 1 aliphatic rings. The highest BCUT2D eigenvalue weighted by molar-refractivity contribution is 9.10. The standard InChI is InChI=1S/C18H18BrClN2/c19-17-9-6-15(12-18(17)20)21-13-14-4-7-16(8-5-14)22-10-2-1-3-11-22/h4-9,12-13H,1-3,10-11H2. The van der Waals surface area contributed by atoms with Gasteiger partial charge in [-0.25, -0.2) is 0 Å². The summed E-state index contributed by atoms with van der Waals surface area (Å²) < 4.78 is 0.888. The maximum Gasteiger partial charge on any atom is 0.0645 e. The van der Waals surface area contributed by atoms with Gasteiger partial charge >= 0.3 is 0 Å². The molecule has 0 radical (unpaired) electrons. The summed E-state index contributed by atoms with van der Waals surface area (Å²) in [6, 6.07) is 14.3. The monoisotopic (exact) mass is 376 g/mol. The molecule has 0 saturated carbocycles. The van der Waals surface area contributed by atoms with Crippen LogP contribution in [0.25, 0.3) is 0 Å². The molecule has 1 fully saturated rings. The van der Waals surface area contributed by atoms with Crippen molar-refractivity contribution in [3.63, 3.8) is 0 Å². The summed E-state index contributed by atoms with van der Waals surface area (Å²) in [4.78, 5) is 6.93. The number of anilines is 1. The molecule has 0 amide bonds. The van der Waals surface area contributed by atoms with E-state index < -0.39 is 0 Å². The first-order chi connectivity index (χ1) is 10.7. The number of halogens is 2. The Hall–Kier alpha value is -1.32. The predicted octanol–water partition coefficient (Wildman–Crippen LogP) is 5.84. The van der Waals surface area contributed by atoms with Crippen molar-refractivity contribution in [1.29, 1.82) is 0 Å². The highest BCUT2D eigenvalue weighted by Gasteiger charge is 2.10. The van der Waals surface area contributed by atoms with Gasteiger partial charge in [0.25, 0.3) is 0 Å². The zero-order valence-electron chi connectivity index (χ0n) is 12.3. The number of piperidine rings is 1. The molecular weight excluding hydrogens is 360 g/mol. The lowest BCUT2D eigenvalue weighted by atomic mass is 10.1. The van der Waals surface area contributed by atoms with E-state index >= 15 is 0 Å². The van der Waals surface area contributed by atoms with Gasteiger partial charge in [0.2, 0.25) is 0 Å². The van der Waals surface area contributed by atoms with Gasteiger partial charge in [-0.3, -0.25) is 4.99 Å². The van der Waals surface area contributed by atoms with Gasteiger partial charge in [0.15, 0.2) is 0 Å². The van der Waals surface area contributed by atoms with E-state index in [4.69, 9.17) is 11.6 Å². The fourth-order valence-corrected chi connectivity index (χ4v) is 3.06. The number of hydrogen-bond acceptors (Lipinski definition) is 2. The van der Waals surface area contributed by atoms with E-state index in [0.717, 1.165) is 15.7 Å². The van der Waals surface area contributed by atoms with Crippen molar-refractivity contribution < 1.29 is 0 Å². The molecule has 1 saturated heterocycles. The molecule has 2 nitrogen and oxygen atoms in total. The average Bonchev–Trinajstić information content (AvgIpc) is 2.57. The Bertz CT molecular complexity index is 661. The van der Waals surface area contributed by atoms with E-state index in [1.165, 1.54) is 38.0 Å². The molecule has 0 spiro atoms. The largest absolute Gasteiger partial charge is 0.372 e. The van der Waals surface area contributed by atoms with Crippen LogP contribution < -0.4 is 4.90 Å². The molecule has 0 atom stereocenters. The predicted molar refractivity (Wildman–Crippen MR) is 98.9 cm³/mol. The fraction of sp³-hybridized carbons (Fsp3) is 0.278. The molecule has 0 aliphatic carbocycles. The van der Waals surface area contributed by atoms with Gasteiger partial charge in [-0.05, 0) is 71.1 Å². The minimum absolute atomic E-state index is 0.676. The van der Waals surface area contributed by atoms with Crippen molar-refractivity contribution in [3.05, 3.63) is 57.5 Å². The molecule has 3 rings (SSSR count). The van der Waals surface area contributed by atoms with E-state index in [9.17, 15) is 0 Å². The van der Waals surface area contributed by atoms with Crippen LogP contribution >= 0.6 is 27.5 Å². The minimum atomic E-state index is 0.676. The lowest BCUT2D eigenvalue weighted by molar-refractivity contribution is 0.578. The Morgan fingerprint density at radius 3 is 2.41 bits per heavy atom. The van der Waals surface area contributed by atoms with Crippen molar-refractivity contribution >= 4 is 45.1 Å². The molecule has 114 valence electrons. The first-order valence-corrected chi connectivity index (χ1v) is 8.73. The molecule has 0 aromatic heterocycles. The van der Waals surface area contributed by atoms with Crippen LogP contribution in [0.4, 0.5) is 11.4 Å². The Balaban J connectivity index is 1.69. The quantitative estimate of drug-likeness (QED) is 0.613. The maximum absolute atomic E-state index is 6.08. The van der Waals surface area contributed by atoms with Crippen LogP contribution in [0.5, 0.6) is 0 Å². The summed E-state index contributed by atoms with van der Waals surface area (Å²) in [6.07, 6.45) is 5.83. The molecule has 0 unspecified atom stereocenters. The van der Waals surface area contributed by atoms with Gasteiger partial charge in [-0.1, -0.05) is 23.7 Å². The normalized spacial score (nSPS) is 15.5. The van der Waals surface area contributed by atoms with E-state index in [2.05, 4.69) is 50.1 Å². The zero-order valence-corrected chi connectivity index (χ0v) is 14.6. The van der Waals surface area contributed by atoms with Crippen LogP contribution in [0, 0.1) is 0 Å². The smallest absolute Gasteiger partial charge is 0.0645 e. The average molecular weight is 378 g/mol. The molecule has 1 aliphatic heterocycles. The van der Waals surface area contributed by atoms with Crippen LogP contribution in [0.15, 0.2) is 51.9 Å². The number of benzene rings is 2. The lowest BCUT2D eigenvalue weighted by Crippen LogP contribution is -2.29. The molecule has 0 N–H and O–H groups in total. The molecule has 2 aromatic carbocycles. The van der Waals surface area contributed by atoms with Crippen molar-refractivity contribution in [1.82, 2.24) is 0 Å². The van der Waals surface area contributed by atoms with Crippen molar-refractivity contribution in [2.24, 2.45) is 4.99 Å². The van der Waals surface area contributed by atoms with Crippen LogP contribution in [-0.4, -0.2) is 19.3 Å². The van der Waals surface area contributed by atoms with Crippen LogP contribution in [-0.2, 0) is 0 Å². The van der Waals surface area contributed by atoms with Crippen LogP contribution in [0.1, 0.15) is 24.8 Å². The zero-order chi connectivity index (χ0) is 15.4. The molecule has 2 aromatic rings. The first kappa shape index (κ1) is 15.6. The first-order valence-electron chi connectivity index (χ1n) is 7.56. The summed E-state index contributed by atoms with van der Waals surface area (Å²) in [5.41, 5.74) is 3.26. The van der Waals surface area contributed by atoms with Crippen molar-refractivity contribution in [3.8, 4) is 0 Å². The summed E-state index contributed by atoms with van der Waals surface area (Å²) in [6.45, 7) is 2.34. The van der Waals surface area contributed by atoms with Crippen molar-refractivity contribution in [2.75, 3.05) is 18.0 Å². The molecule has 4 heteroatoms. The van der Waals surface area contributed by atoms with Crippen LogP contribution in [0.2, 0.25) is 5.02 Å². The number of nitrogens with zero attached hydrogens (tertiary/aromatic N) is 2. The molecular formula is C18H18BrClN2. The van der Waals surface area contributed by atoms with Gasteiger partial charge in [-0.2, -0.15) is 0 Å². The second kappa shape index (κ2) is 7.30. The van der Waals surface area contributed by atoms with E-state index in [1.54, 1.807) is 0 Å². The van der Waals surface area contributed by atoms with Gasteiger partial charge in [0.05, 0.1) is 10.7 Å². The third kappa shape index (κ3) is 3.90. The minimum Gasteiger partial charge on any atom is -0.372 e. The third-order valence-corrected chi connectivity index (χ3v) is 5.11. The Labute approximate surface area is 144 Å². The Kier molecular flexibility index (Phi) is 5.16. The van der Waals surface area contributed by atoms with E-state index in [1.807, 2.05) is 24.4 Å². The van der Waals surface area contributed by atoms with Gasteiger partial charge in [0, 0.05) is 29.5 Å². The third-order valence-electron chi connectivity index (χ3n) is 3.88. The Morgan fingerprint density at radius 2 is 1.73 bits per heavy atom. The van der Waals surface area contributed by atoms with Gasteiger partial charge < -0.3 is 4.90 Å². The molecule has 22 heavy (non-hydrogen) atoms. The number of hydrogen-bond donors (Lipinski definition) is 0. The van der Waals surface area contributed by atoms with E-state index in [-0.39, 0.29) is 0 Å². The maximum atomic E-state index is 6.08. The van der Waals surface area contributed by atoms with Gasteiger partial charge in [0.1, 0.15) is 0 Å². The van der Waals surface area contributed by atoms with Crippen LogP contribution in [0.3, 0.4) is 0 Å². The summed E-state index contributed by atoms with van der Waals surface area (Å²) >= 11 is 9.46. The second-order valence-corrected chi connectivity index (χ2v) is 6.76. The molecule has 1 heterocycles. The van der Waals surface area contributed by atoms with E-state index in [0.29, 0.717) is 5.02 Å². The SMILES string of the molecule is Clc1cc(N=Cc2ccc(N3CCCCC3)cc2)ccc1Br. The van der Waals surface area contributed by atoms with Gasteiger partial charge in [-0.15, -0.1) is 0 Å². The highest BCUT2D eigenvalue weighted by Crippen LogP contribution is 2.27. The lowest BCUT2D eigenvalue weighted by Gasteiger charge is -2.28. The highest BCUT2D eigenvalue weighted by atomic mass is 79.9. The summed E-state index contributed by atoms with van der Waals surface area (Å²) in [5.74, 6) is 0. The number of rotatable bonds is 3. The fourth-order valence-electron chi connectivity index (χ4n) is 2.64. The summed E-state index contributed by atoms with van der Waals surface area (Å²) in [5, 5.41) is 0.676. The number of aliphatic imine (C=N–C) groups is 1. The summed E-state index contributed by atoms with van der Waals surface area (Å²) in [7, 11) is 0. The second-order valence-electron chi connectivity index (χ2n) is 5.50. The molecule has 0 bridgehead atoms. The Morgan fingerprint density at radius 1 is 1.00 bits per heavy atom. The van der Waals surface area contributed by atoms with Crippen molar-refractivity contribution in [2.45, 2.75) is 19.3 Å². The topological polar surface area (TPSA) is 15.6 Å².